The Morgan fingerprint density at radius 2 is 2.50 bits per heavy atom. The van der Waals surface area contributed by atoms with Crippen LogP contribution in [0.5, 0.6) is 0 Å². The standard InChI is InChI=1S/C5H3N3O2S2/c9-8(10)4-3(11)6-5-7(4)1-2-12-5/h1-2,11H. The number of rotatable bonds is 1. The number of thiazole rings is 1. The van der Waals surface area contributed by atoms with Gasteiger partial charge in [0.2, 0.25) is 0 Å². The van der Waals surface area contributed by atoms with Crippen molar-refractivity contribution in [2.75, 3.05) is 0 Å². The minimum Gasteiger partial charge on any atom is -0.358 e. The zero-order chi connectivity index (χ0) is 8.72. The first kappa shape index (κ1) is 7.56. The predicted octanol–water partition coefficient (Wildman–Crippen LogP) is 1.59. The van der Waals surface area contributed by atoms with Crippen LogP contribution in [-0.4, -0.2) is 14.3 Å². The van der Waals surface area contributed by atoms with Gasteiger partial charge in [-0.05, 0) is 4.92 Å². The van der Waals surface area contributed by atoms with E-state index in [0.717, 1.165) is 0 Å². The second-order valence-corrected chi connectivity index (χ2v) is 3.37. The smallest absolute Gasteiger partial charge is 0.358 e. The zero-order valence-corrected chi connectivity index (χ0v) is 7.38. The third kappa shape index (κ3) is 0.901. The van der Waals surface area contributed by atoms with Crippen molar-refractivity contribution in [2.45, 2.75) is 5.03 Å². The number of nitro groups is 1. The van der Waals surface area contributed by atoms with Crippen LogP contribution in [0.4, 0.5) is 5.82 Å². The number of aromatic nitrogens is 2. The Labute approximate surface area is 76.2 Å². The summed E-state index contributed by atoms with van der Waals surface area (Å²) in [7, 11) is 0. The summed E-state index contributed by atoms with van der Waals surface area (Å²) in [5.41, 5.74) is 0. The van der Waals surface area contributed by atoms with Crippen LogP contribution in [0.15, 0.2) is 16.6 Å². The first-order valence-electron chi connectivity index (χ1n) is 2.99. The summed E-state index contributed by atoms with van der Waals surface area (Å²) < 4.78 is 1.41. The Morgan fingerprint density at radius 3 is 3.17 bits per heavy atom. The molecule has 0 aromatic carbocycles. The van der Waals surface area contributed by atoms with E-state index >= 15 is 0 Å². The first-order valence-corrected chi connectivity index (χ1v) is 4.32. The largest absolute Gasteiger partial charge is 0.362 e. The van der Waals surface area contributed by atoms with Crippen molar-refractivity contribution >= 4 is 34.7 Å². The Bertz CT molecular complexity index is 446. The van der Waals surface area contributed by atoms with E-state index in [0.29, 0.717) is 4.96 Å². The zero-order valence-electron chi connectivity index (χ0n) is 5.67. The van der Waals surface area contributed by atoms with Crippen LogP contribution in [0.1, 0.15) is 0 Å². The number of thiol groups is 1. The van der Waals surface area contributed by atoms with Crippen molar-refractivity contribution in [2.24, 2.45) is 0 Å². The van der Waals surface area contributed by atoms with Gasteiger partial charge in [-0.3, -0.25) is 0 Å². The third-order valence-corrected chi connectivity index (χ3v) is 2.45. The molecule has 0 N–H and O–H groups in total. The van der Waals surface area contributed by atoms with Crippen LogP contribution in [0.3, 0.4) is 0 Å². The minimum atomic E-state index is -0.491. The highest BCUT2D eigenvalue weighted by molar-refractivity contribution is 7.80. The lowest BCUT2D eigenvalue weighted by Gasteiger charge is -1.89. The van der Waals surface area contributed by atoms with Gasteiger partial charge in [0.15, 0.2) is 5.03 Å². The molecule has 0 radical (unpaired) electrons. The Balaban J connectivity index is 2.84. The van der Waals surface area contributed by atoms with Crippen LogP contribution in [0.25, 0.3) is 4.96 Å². The monoisotopic (exact) mass is 201 g/mol. The molecule has 0 aliphatic carbocycles. The van der Waals surface area contributed by atoms with Gasteiger partial charge in [-0.1, -0.05) is 11.3 Å². The molecule has 62 valence electrons. The maximum atomic E-state index is 10.5. The van der Waals surface area contributed by atoms with Crippen LogP contribution in [0.2, 0.25) is 0 Å². The van der Waals surface area contributed by atoms with Crippen molar-refractivity contribution in [3.63, 3.8) is 0 Å². The molecule has 2 rings (SSSR count). The number of imidazole rings is 1. The molecule has 0 spiro atoms. The topological polar surface area (TPSA) is 60.4 Å². The molecule has 2 aromatic heterocycles. The van der Waals surface area contributed by atoms with Gasteiger partial charge in [-0.2, -0.15) is 9.38 Å². The van der Waals surface area contributed by atoms with Crippen LogP contribution >= 0.6 is 24.0 Å². The molecule has 0 amide bonds. The van der Waals surface area contributed by atoms with E-state index in [1.54, 1.807) is 11.6 Å². The van der Waals surface area contributed by atoms with E-state index in [9.17, 15) is 10.1 Å². The Kier molecular flexibility index (Phi) is 1.55. The molecule has 0 fully saturated rings. The second-order valence-electron chi connectivity index (χ2n) is 2.07. The quantitative estimate of drug-likeness (QED) is 0.433. The van der Waals surface area contributed by atoms with Crippen molar-refractivity contribution in [3.8, 4) is 0 Å². The fourth-order valence-corrected chi connectivity index (χ4v) is 1.99. The third-order valence-electron chi connectivity index (χ3n) is 1.39. The van der Waals surface area contributed by atoms with Gasteiger partial charge in [0.1, 0.15) is 6.20 Å². The van der Waals surface area contributed by atoms with E-state index in [1.165, 1.54) is 15.7 Å². The number of hydrogen-bond donors (Lipinski definition) is 1. The lowest BCUT2D eigenvalue weighted by Crippen LogP contribution is -1.92. The van der Waals surface area contributed by atoms with Gasteiger partial charge >= 0.3 is 5.82 Å². The molecule has 0 aliphatic heterocycles. The molecule has 0 unspecified atom stereocenters. The fourth-order valence-electron chi connectivity index (χ4n) is 0.932. The summed E-state index contributed by atoms with van der Waals surface area (Å²) in [6.45, 7) is 0. The average molecular weight is 201 g/mol. The number of fused-ring (bicyclic) bond motifs is 1. The van der Waals surface area contributed by atoms with E-state index in [2.05, 4.69) is 17.6 Å². The maximum absolute atomic E-state index is 10.5. The van der Waals surface area contributed by atoms with Crippen molar-refractivity contribution in [1.29, 1.82) is 0 Å². The molecular formula is C5H3N3O2S2. The van der Waals surface area contributed by atoms with Gasteiger partial charge < -0.3 is 10.1 Å². The summed E-state index contributed by atoms with van der Waals surface area (Å²) in [5, 5.41) is 12.4. The SMILES string of the molecule is O=[N+]([O-])c1c(S)nc2sccn12. The highest BCUT2D eigenvalue weighted by Gasteiger charge is 2.20. The van der Waals surface area contributed by atoms with Gasteiger partial charge in [-0.25, -0.2) is 0 Å². The average Bonchev–Trinajstić information content (AvgIpc) is 2.44. The van der Waals surface area contributed by atoms with Crippen LogP contribution < -0.4 is 0 Å². The van der Waals surface area contributed by atoms with Gasteiger partial charge in [-0.15, -0.1) is 12.6 Å². The molecular weight excluding hydrogens is 198 g/mol. The molecule has 12 heavy (non-hydrogen) atoms. The van der Waals surface area contributed by atoms with Gasteiger partial charge in [0.25, 0.3) is 4.96 Å². The summed E-state index contributed by atoms with van der Waals surface area (Å²) in [6.07, 6.45) is 1.60. The van der Waals surface area contributed by atoms with Crippen LogP contribution in [0, 0.1) is 10.1 Å². The van der Waals surface area contributed by atoms with E-state index in [1.807, 2.05) is 0 Å². The first-order chi connectivity index (χ1) is 5.70. The lowest BCUT2D eigenvalue weighted by atomic mass is 10.7. The molecule has 2 heterocycles. The highest BCUT2D eigenvalue weighted by atomic mass is 32.1. The fraction of sp³-hybridized carbons (Fsp3) is 0. The van der Waals surface area contributed by atoms with E-state index in [-0.39, 0.29) is 10.8 Å². The normalized spacial score (nSPS) is 10.8. The van der Waals surface area contributed by atoms with Crippen molar-refractivity contribution in [1.82, 2.24) is 9.38 Å². The molecule has 0 saturated heterocycles. The molecule has 0 atom stereocenters. The van der Waals surface area contributed by atoms with E-state index in [4.69, 9.17) is 0 Å². The highest BCUT2D eigenvalue weighted by Crippen LogP contribution is 2.25. The molecule has 0 bridgehead atoms. The number of nitrogens with zero attached hydrogens (tertiary/aromatic N) is 3. The van der Waals surface area contributed by atoms with Gasteiger partial charge in [0.05, 0.1) is 0 Å². The molecule has 7 heteroatoms. The number of hydrogen-bond acceptors (Lipinski definition) is 5. The predicted molar refractivity (Wildman–Crippen MR) is 47.0 cm³/mol. The molecule has 5 nitrogen and oxygen atoms in total. The molecule has 0 aliphatic rings. The maximum Gasteiger partial charge on any atom is 0.362 e. The Morgan fingerprint density at radius 1 is 1.75 bits per heavy atom. The van der Waals surface area contributed by atoms with Crippen LogP contribution in [-0.2, 0) is 0 Å². The lowest BCUT2D eigenvalue weighted by molar-refractivity contribution is -0.393. The van der Waals surface area contributed by atoms with Crippen molar-refractivity contribution < 1.29 is 4.92 Å². The summed E-state index contributed by atoms with van der Waals surface area (Å²) in [6, 6.07) is 0. The molecule has 2 aromatic rings. The summed E-state index contributed by atoms with van der Waals surface area (Å²) in [4.78, 5) is 14.5. The van der Waals surface area contributed by atoms with E-state index < -0.39 is 4.92 Å². The van der Waals surface area contributed by atoms with Gasteiger partial charge in [0, 0.05) is 5.38 Å². The minimum absolute atomic E-state index is 0.0745. The van der Waals surface area contributed by atoms with Crippen molar-refractivity contribution in [3.05, 3.63) is 21.7 Å². The summed E-state index contributed by atoms with van der Waals surface area (Å²) in [5.74, 6) is -0.0745. The Hall–Kier alpha value is -1.08. The summed E-state index contributed by atoms with van der Waals surface area (Å²) >= 11 is 5.23. The second kappa shape index (κ2) is 2.46. The molecule has 0 saturated carbocycles.